The maximum absolute atomic E-state index is 9.93. The van der Waals surface area contributed by atoms with Gasteiger partial charge in [0.05, 0.1) is 6.10 Å². The van der Waals surface area contributed by atoms with Crippen LogP contribution in [0.25, 0.3) is 0 Å². The van der Waals surface area contributed by atoms with Gasteiger partial charge in [0.15, 0.2) is 0 Å². The van der Waals surface area contributed by atoms with Crippen LogP contribution in [0.3, 0.4) is 0 Å². The molecular formula is C13H23NOS. The minimum Gasteiger partial charge on any atom is -0.391 e. The number of hydrogen-bond acceptors (Lipinski definition) is 3. The normalized spacial score (nSPS) is 16.4. The van der Waals surface area contributed by atoms with Crippen molar-refractivity contribution in [2.24, 2.45) is 0 Å². The first kappa shape index (κ1) is 15.5. The maximum Gasteiger partial charge on any atom is 0.0786 e. The predicted octanol–water partition coefficient (Wildman–Crippen LogP) is 2.72. The van der Waals surface area contributed by atoms with Gasteiger partial charge in [0.1, 0.15) is 0 Å². The predicted molar refractivity (Wildman–Crippen MR) is 74.7 cm³/mol. The van der Waals surface area contributed by atoms with Crippen molar-refractivity contribution < 1.29 is 5.11 Å². The Morgan fingerprint density at radius 2 is 2.25 bits per heavy atom. The summed E-state index contributed by atoms with van der Waals surface area (Å²) in [5, 5.41) is 13.1. The summed E-state index contributed by atoms with van der Waals surface area (Å²) in [6.45, 7) is 7.73. The molecule has 2 atom stereocenters. The Hall–Kier alpha value is -0.510. The van der Waals surface area contributed by atoms with Gasteiger partial charge in [0, 0.05) is 16.7 Å². The number of thioether (sulfide) groups is 1. The average Bonchev–Trinajstić information content (AvgIpc) is 2.28. The largest absolute Gasteiger partial charge is 0.391 e. The van der Waals surface area contributed by atoms with Gasteiger partial charge in [0.25, 0.3) is 0 Å². The van der Waals surface area contributed by atoms with E-state index < -0.39 is 0 Å². The summed E-state index contributed by atoms with van der Waals surface area (Å²) in [5.74, 6) is 0.698. The molecule has 0 aliphatic rings. The van der Waals surface area contributed by atoms with Crippen molar-refractivity contribution in [2.45, 2.75) is 32.4 Å². The average molecular weight is 241 g/mol. The van der Waals surface area contributed by atoms with Crippen LogP contribution in [0.4, 0.5) is 0 Å². The van der Waals surface area contributed by atoms with Crippen LogP contribution in [0.1, 0.15) is 20.3 Å². The van der Waals surface area contributed by atoms with Crippen molar-refractivity contribution in [1.82, 2.24) is 5.32 Å². The lowest BCUT2D eigenvalue weighted by molar-refractivity contribution is 0.151. The van der Waals surface area contributed by atoms with E-state index in [-0.39, 0.29) is 12.1 Å². The molecule has 0 spiro atoms. The fraction of sp³-hybridized carbons (Fsp3) is 0.538. The number of hydrogen-bond donors (Lipinski definition) is 2. The lowest BCUT2D eigenvalue weighted by atomic mass is 10.1. The molecule has 2 unspecified atom stereocenters. The number of likely N-dealkylation sites (N-methyl/N-ethyl adjacent to an activating group) is 1. The second-order valence-electron chi connectivity index (χ2n) is 3.49. The molecule has 0 bridgehead atoms. The molecule has 0 rings (SSSR count). The lowest BCUT2D eigenvalue weighted by Gasteiger charge is -2.20. The summed E-state index contributed by atoms with van der Waals surface area (Å²) in [6.07, 6.45) is 8.35. The molecule has 0 aliphatic carbocycles. The van der Waals surface area contributed by atoms with Gasteiger partial charge in [-0.25, -0.2) is 0 Å². The topological polar surface area (TPSA) is 32.3 Å². The van der Waals surface area contributed by atoms with E-state index >= 15 is 0 Å². The minimum atomic E-state index is -0.321. The van der Waals surface area contributed by atoms with E-state index in [1.165, 1.54) is 0 Å². The quantitative estimate of drug-likeness (QED) is 0.641. The molecule has 2 nitrogen and oxygen atoms in total. The van der Waals surface area contributed by atoms with Gasteiger partial charge in [-0.05, 0) is 26.5 Å². The smallest absolute Gasteiger partial charge is 0.0786 e. The van der Waals surface area contributed by atoms with Crippen LogP contribution in [0.2, 0.25) is 0 Å². The highest BCUT2D eigenvalue weighted by Gasteiger charge is 2.15. The molecule has 16 heavy (non-hydrogen) atoms. The van der Waals surface area contributed by atoms with E-state index in [2.05, 4.69) is 18.8 Å². The van der Waals surface area contributed by atoms with Crippen LogP contribution in [-0.2, 0) is 0 Å². The van der Waals surface area contributed by atoms with E-state index in [9.17, 15) is 5.11 Å². The summed E-state index contributed by atoms with van der Waals surface area (Å²) >= 11 is 1.65. The number of nitrogens with one attached hydrogen (secondary N) is 1. The van der Waals surface area contributed by atoms with Gasteiger partial charge in [-0.2, -0.15) is 0 Å². The van der Waals surface area contributed by atoms with E-state index in [4.69, 9.17) is 0 Å². The zero-order valence-corrected chi connectivity index (χ0v) is 11.3. The van der Waals surface area contributed by atoms with Crippen LogP contribution in [0.5, 0.6) is 0 Å². The first-order valence-corrected chi connectivity index (χ1v) is 6.61. The molecule has 0 saturated carbocycles. The molecule has 3 heteroatoms. The monoisotopic (exact) mass is 241 g/mol. The lowest BCUT2D eigenvalue weighted by Crippen LogP contribution is -2.38. The molecule has 0 radical (unpaired) electrons. The van der Waals surface area contributed by atoms with Gasteiger partial charge in [-0.15, -0.1) is 11.8 Å². The third-order valence-corrected chi connectivity index (χ3v) is 3.42. The molecule has 0 amide bonds. The molecule has 0 saturated heterocycles. The molecule has 92 valence electrons. The second-order valence-corrected chi connectivity index (χ2v) is 4.58. The Balaban J connectivity index is 4.19. The zero-order chi connectivity index (χ0) is 12.4. The molecule has 0 heterocycles. The highest BCUT2D eigenvalue weighted by Crippen LogP contribution is 2.19. The van der Waals surface area contributed by atoms with Crippen molar-refractivity contribution in [3.63, 3.8) is 0 Å². The molecule has 0 fully saturated rings. The van der Waals surface area contributed by atoms with Crippen molar-refractivity contribution >= 4 is 11.8 Å². The first-order valence-electron chi connectivity index (χ1n) is 5.63. The van der Waals surface area contributed by atoms with Gasteiger partial charge in [-0.3, -0.25) is 0 Å². The van der Waals surface area contributed by atoms with Crippen LogP contribution in [0, 0.1) is 0 Å². The Kier molecular flexibility index (Phi) is 9.39. The molecule has 0 aromatic carbocycles. The third-order valence-electron chi connectivity index (χ3n) is 2.31. The van der Waals surface area contributed by atoms with E-state index in [0.717, 1.165) is 11.3 Å². The highest BCUT2D eigenvalue weighted by molar-refractivity contribution is 8.03. The fourth-order valence-electron chi connectivity index (χ4n) is 1.40. The standard InChI is InChI=1S/C13H23NOS/c1-5-8-11(9-6-2)16-10-13(15)12(7-3)14-4/h5-6,8-9,12-15H,1,7,10H2,2-4H3/b9-6-,11-8+. The molecule has 2 N–H and O–H groups in total. The van der Waals surface area contributed by atoms with Gasteiger partial charge in [0.2, 0.25) is 0 Å². The summed E-state index contributed by atoms with van der Waals surface area (Å²) in [5.41, 5.74) is 0. The van der Waals surface area contributed by atoms with Crippen LogP contribution < -0.4 is 5.32 Å². The fourth-order valence-corrected chi connectivity index (χ4v) is 2.42. The first-order chi connectivity index (χ1) is 7.69. The van der Waals surface area contributed by atoms with E-state index in [1.807, 2.05) is 32.2 Å². The summed E-state index contributed by atoms with van der Waals surface area (Å²) in [4.78, 5) is 1.13. The van der Waals surface area contributed by atoms with Crippen molar-refractivity contribution in [1.29, 1.82) is 0 Å². The third kappa shape index (κ3) is 6.16. The van der Waals surface area contributed by atoms with Crippen molar-refractivity contribution in [2.75, 3.05) is 12.8 Å². The highest BCUT2D eigenvalue weighted by atomic mass is 32.2. The minimum absolute atomic E-state index is 0.170. The van der Waals surface area contributed by atoms with E-state index in [0.29, 0.717) is 5.75 Å². The number of aliphatic hydroxyl groups is 1. The van der Waals surface area contributed by atoms with Crippen LogP contribution in [0.15, 0.2) is 35.8 Å². The van der Waals surface area contributed by atoms with Gasteiger partial charge >= 0.3 is 0 Å². The maximum atomic E-state index is 9.93. The number of rotatable bonds is 8. The Morgan fingerprint density at radius 1 is 1.56 bits per heavy atom. The number of allylic oxidation sites excluding steroid dienone is 4. The van der Waals surface area contributed by atoms with Crippen LogP contribution in [-0.4, -0.2) is 30.1 Å². The van der Waals surface area contributed by atoms with Gasteiger partial charge in [-0.1, -0.05) is 31.7 Å². The van der Waals surface area contributed by atoms with E-state index in [1.54, 1.807) is 17.8 Å². The summed E-state index contributed by atoms with van der Waals surface area (Å²) in [6, 6.07) is 0.170. The van der Waals surface area contributed by atoms with Crippen LogP contribution >= 0.6 is 11.8 Å². The van der Waals surface area contributed by atoms with Crippen molar-refractivity contribution in [3.05, 3.63) is 35.8 Å². The molecule has 0 aromatic heterocycles. The second kappa shape index (κ2) is 9.70. The molecule has 0 aliphatic heterocycles. The SMILES string of the molecule is C=C/C=C(\C=C/C)SCC(O)C(CC)NC. The summed E-state index contributed by atoms with van der Waals surface area (Å²) < 4.78 is 0. The Bertz CT molecular complexity index is 244. The Morgan fingerprint density at radius 3 is 2.69 bits per heavy atom. The summed E-state index contributed by atoms with van der Waals surface area (Å²) in [7, 11) is 1.88. The Labute approximate surface area is 104 Å². The number of aliphatic hydroxyl groups excluding tert-OH is 1. The van der Waals surface area contributed by atoms with Crippen molar-refractivity contribution in [3.8, 4) is 0 Å². The molecular weight excluding hydrogens is 218 g/mol. The van der Waals surface area contributed by atoms with Gasteiger partial charge < -0.3 is 10.4 Å². The molecule has 0 aromatic rings. The zero-order valence-electron chi connectivity index (χ0n) is 10.4.